The number of sulfonamides is 1. The van der Waals surface area contributed by atoms with E-state index in [0.29, 0.717) is 17.9 Å². The molecule has 0 unspecified atom stereocenters. The normalized spacial score (nSPS) is 11.5. The van der Waals surface area contributed by atoms with Gasteiger partial charge in [0.2, 0.25) is 15.9 Å². The van der Waals surface area contributed by atoms with Crippen molar-refractivity contribution in [1.82, 2.24) is 4.31 Å². The number of ether oxygens (including phenoxy) is 1. The van der Waals surface area contributed by atoms with Crippen LogP contribution in [0.2, 0.25) is 5.02 Å². The molecule has 1 amide bonds. The van der Waals surface area contributed by atoms with Crippen LogP contribution in [0.1, 0.15) is 19.4 Å². The van der Waals surface area contributed by atoms with E-state index in [2.05, 4.69) is 5.32 Å². The molecule has 0 aliphatic carbocycles. The molecule has 1 N–H and O–H groups in total. The Morgan fingerprint density at radius 2 is 1.93 bits per heavy atom. The molecule has 0 aliphatic rings. The van der Waals surface area contributed by atoms with Gasteiger partial charge in [-0.1, -0.05) is 18.5 Å². The molecule has 0 spiro atoms. The summed E-state index contributed by atoms with van der Waals surface area (Å²) in [6.45, 7) is 5.43. The van der Waals surface area contributed by atoms with Crippen LogP contribution in [-0.4, -0.2) is 38.3 Å². The van der Waals surface area contributed by atoms with Gasteiger partial charge in [-0.15, -0.1) is 0 Å². The molecule has 0 fully saturated rings. The maximum Gasteiger partial charge on any atom is 0.243 e. The predicted octanol–water partition coefficient (Wildman–Crippen LogP) is 3.84. The number of halogens is 2. The number of rotatable bonds is 8. The Hall–Kier alpha value is -2.16. The first-order valence-corrected chi connectivity index (χ1v) is 10.5. The average molecular weight is 429 g/mol. The van der Waals surface area contributed by atoms with Crippen molar-refractivity contribution in [3.05, 3.63) is 52.8 Å². The molecule has 2 aromatic carbocycles. The van der Waals surface area contributed by atoms with Crippen molar-refractivity contribution in [1.29, 1.82) is 0 Å². The predicted molar refractivity (Wildman–Crippen MR) is 107 cm³/mol. The molecule has 0 aliphatic heterocycles. The fourth-order valence-corrected chi connectivity index (χ4v) is 4.22. The van der Waals surface area contributed by atoms with E-state index >= 15 is 0 Å². The molecule has 0 aromatic heterocycles. The van der Waals surface area contributed by atoms with Crippen molar-refractivity contribution in [3.8, 4) is 5.75 Å². The lowest BCUT2D eigenvalue weighted by atomic mass is 10.2. The first-order chi connectivity index (χ1) is 13.2. The molecule has 0 saturated carbocycles. The number of hydrogen-bond donors (Lipinski definition) is 1. The number of hydrogen-bond acceptors (Lipinski definition) is 4. The second-order valence-corrected chi connectivity index (χ2v) is 8.31. The Kier molecular flexibility index (Phi) is 7.40. The molecule has 28 heavy (non-hydrogen) atoms. The lowest BCUT2D eigenvalue weighted by Gasteiger charge is -2.21. The molecule has 152 valence electrons. The van der Waals surface area contributed by atoms with Gasteiger partial charge in [0.25, 0.3) is 0 Å². The third-order valence-electron chi connectivity index (χ3n) is 3.96. The van der Waals surface area contributed by atoms with Crippen molar-refractivity contribution in [2.45, 2.75) is 25.7 Å². The van der Waals surface area contributed by atoms with E-state index in [-0.39, 0.29) is 28.7 Å². The number of aryl methyl sites for hydroxylation is 1. The number of carbonyl (C=O) groups excluding carboxylic acids is 1. The van der Waals surface area contributed by atoms with Crippen LogP contribution in [0.3, 0.4) is 0 Å². The summed E-state index contributed by atoms with van der Waals surface area (Å²) in [5.74, 6) is -0.561. The summed E-state index contributed by atoms with van der Waals surface area (Å²) in [6, 6.07) is 8.29. The lowest BCUT2D eigenvalue weighted by molar-refractivity contribution is -0.116. The number of benzene rings is 2. The SMILES string of the molecule is CCOc1ccc(S(=O)(=O)N(CC)CC(=O)Nc2ccc(F)c(Cl)c2)cc1C. The molecule has 6 nitrogen and oxygen atoms in total. The summed E-state index contributed by atoms with van der Waals surface area (Å²) in [5.41, 5.74) is 0.964. The van der Waals surface area contributed by atoms with Gasteiger partial charge in [0, 0.05) is 12.2 Å². The zero-order valence-corrected chi connectivity index (χ0v) is 17.4. The summed E-state index contributed by atoms with van der Waals surface area (Å²) >= 11 is 5.69. The van der Waals surface area contributed by atoms with Crippen molar-refractivity contribution in [3.63, 3.8) is 0 Å². The molecule has 0 bridgehead atoms. The van der Waals surface area contributed by atoms with E-state index in [1.165, 1.54) is 24.3 Å². The monoisotopic (exact) mass is 428 g/mol. The van der Waals surface area contributed by atoms with Crippen LogP contribution in [0, 0.1) is 12.7 Å². The summed E-state index contributed by atoms with van der Waals surface area (Å²) in [6.07, 6.45) is 0. The van der Waals surface area contributed by atoms with Gasteiger partial charge in [0.1, 0.15) is 11.6 Å². The van der Waals surface area contributed by atoms with Crippen molar-refractivity contribution in [2.75, 3.05) is 25.0 Å². The van der Waals surface area contributed by atoms with Gasteiger partial charge in [-0.25, -0.2) is 12.8 Å². The summed E-state index contributed by atoms with van der Waals surface area (Å²) in [4.78, 5) is 12.4. The molecule has 9 heteroatoms. The highest BCUT2D eigenvalue weighted by atomic mass is 35.5. The summed E-state index contributed by atoms with van der Waals surface area (Å²) in [5, 5.41) is 2.38. The highest BCUT2D eigenvalue weighted by Gasteiger charge is 2.26. The zero-order valence-electron chi connectivity index (χ0n) is 15.8. The highest BCUT2D eigenvalue weighted by Crippen LogP contribution is 2.24. The lowest BCUT2D eigenvalue weighted by Crippen LogP contribution is -2.37. The van der Waals surface area contributed by atoms with Gasteiger partial charge in [0.15, 0.2) is 0 Å². The molecule has 0 heterocycles. The van der Waals surface area contributed by atoms with E-state index in [0.717, 1.165) is 10.4 Å². The molecule has 0 atom stereocenters. The molecule has 0 saturated heterocycles. The van der Waals surface area contributed by atoms with Crippen LogP contribution in [0.15, 0.2) is 41.3 Å². The minimum Gasteiger partial charge on any atom is -0.494 e. The van der Waals surface area contributed by atoms with Crippen LogP contribution in [0.4, 0.5) is 10.1 Å². The van der Waals surface area contributed by atoms with Crippen molar-refractivity contribution < 1.29 is 22.3 Å². The number of nitrogens with zero attached hydrogens (tertiary/aromatic N) is 1. The van der Waals surface area contributed by atoms with Crippen LogP contribution >= 0.6 is 11.6 Å². The first-order valence-electron chi connectivity index (χ1n) is 8.67. The number of carbonyl (C=O) groups is 1. The van der Waals surface area contributed by atoms with E-state index in [9.17, 15) is 17.6 Å². The quantitative estimate of drug-likeness (QED) is 0.693. The molecular formula is C19H22ClFN2O4S. The smallest absolute Gasteiger partial charge is 0.243 e. The van der Waals surface area contributed by atoms with E-state index in [1.807, 2.05) is 6.92 Å². The Labute approximate surface area is 169 Å². The molecule has 0 radical (unpaired) electrons. The maximum atomic E-state index is 13.2. The Bertz CT molecular complexity index is 966. The molecule has 2 rings (SSSR count). The highest BCUT2D eigenvalue weighted by molar-refractivity contribution is 7.89. The van der Waals surface area contributed by atoms with Crippen LogP contribution in [0.5, 0.6) is 5.75 Å². The topological polar surface area (TPSA) is 75.7 Å². The minimum atomic E-state index is -3.88. The minimum absolute atomic E-state index is 0.0768. The number of amides is 1. The zero-order chi connectivity index (χ0) is 20.9. The third-order valence-corrected chi connectivity index (χ3v) is 6.17. The average Bonchev–Trinajstić information content (AvgIpc) is 2.64. The van der Waals surface area contributed by atoms with Gasteiger partial charge < -0.3 is 10.1 Å². The Morgan fingerprint density at radius 1 is 1.21 bits per heavy atom. The second kappa shape index (κ2) is 9.36. The van der Waals surface area contributed by atoms with Crippen molar-refractivity contribution >= 4 is 33.2 Å². The van der Waals surface area contributed by atoms with Crippen LogP contribution in [0.25, 0.3) is 0 Å². The fraction of sp³-hybridized carbons (Fsp3) is 0.316. The maximum absolute atomic E-state index is 13.2. The largest absolute Gasteiger partial charge is 0.494 e. The fourth-order valence-electron chi connectivity index (χ4n) is 2.55. The van der Waals surface area contributed by atoms with E-state index < -0.39 is 21.7 Å². The standard InChI is InChI=1S/C19H22ClFN2O4S/c1-4-23(12-19(24)22-14-6-8-17(21)16(20)11-14)28(25,26)15-7-9-18(27-5-2)13(3)10-15/h6-11H,4-5,12H2,1-3H3,(H,22,24). The summed E-state index contributed by atoms with van der Waals surface area (Å²) in [7, 11) is -3.88. The molecular weight excluding hydrogens is 407 g/mol. The van der Waals surface area contributed by atoms with Gasteiger partial charge in [-0.3, -0.25) is 4.79 Å². The van der Waals surface area contributed by atoms with E-state index in [1.54, 1.807) is 19.9 Å². The van der Waals surface area contributed by atoms with Gasteiger partial charge >= 0.3 is 0 Å². The Morgan fingerprint density at radius 3 is 2.50 bits per heavy atom. The Balaban J connectivity index is 2.17. The molecule has 2 aromatic rings. The van der Waals surface area contributed by atoms with Crippen LogP contribution < -0.4 is 10.1 Å². The van der Waals surface area contributed by atoms with E-state index in [4.69, 9.17) is 16.3 Å². The van der Waals surface area contributed by atoms with Gasteiger partial charge in [-0.2, -0.15) is 4.31 Å². The van der Waals surface area contributed by atoms with Crippen LogP contribution in [-0.2, 0) is 14.8 Å². The number of nitrogens with one attached hydrogen (secondary N) is 1. The van der Waals surface area contributed by atoms with Crippen molar-refractivity contribution in [2.24, 2.45) is 0 Å². The second-order valence-electron chi connectivity index (χ2n) is 5.97. The third kappa shape index (κ3) is 5.21. The first kappa shape index (κ1) is 22.1. The number of likely N-dealkylation sites (N-methyl/N-ethyl adjacent to an activating group) is 1. The summed E-state index contributed by atoms with van der Waals surface area (Å²) < 4.78 is 45.5. The van der Waals surface area contributed by atoms with Gasteiger partial charge in [-0.05, 0) is 55.8 Å². The number of anilines is 1. The van der Waals surface area contributed by atoms with Gasteiger partial charge in [0.05, 0.1) is 23.1 Å².